The van der Waals surface area contributed by atoms with E-state index in [1.54, 1.807) is 24.3 Å². The number of benzene rings is 1. The maximum Gasteiger partial charge on any atom is 0.239 e. The second-order valence-electron chi connectivity index (χ2n) is 5.16. The van der Waals surface area contributed by atoms with E-state index >= 15 is 0 Å². The quantitative estimate of drug-likeness (QED) is 0.861. The number of carbonyl (C=O) groups is 1. The van der Waals surface area contributed by atoms with E-state index in [0.29, 0.717) is 25.1 Å². The minimum Gasteiger partial charge on any atom is -0.326 e. The van der Waals surface area contributed by atoms with Crippen LogP contribution >= 0.6 is 12.4 Å². The minimum absolute atomic E-state index is 0. The van der Waals surface area contributed by atoms with Gasteiger partial charge in [-0.2, -0.15) is 0 Å². The summed E-state index contributed by atoms with van der Waals surface area (Å²) in [6.45, 7) is 0.435. The Morgan fingerprint density at radius 3 is 2.29 bits per heavy atom. The van der Waals surface area contributed by atoms with Crippen LogP contribution in [0.1, 0.15) is 31.2 Å². The van der Waals surface area contributed by atoms with E-state index in [1.807, 2.05) is 0 Å². The van der Waals surface area contributed by atoms with Gasteiger partial charge in [0.15, 0.2) is 9.84 Å². The monoisotopic (exact) mass is 332 g/mol. The molecule has 1 aromatic rings. The van der Waals surface area contributed by atoms with Crippen LogP contribution in [0.5, 0.6) is 0 Å². The summed E-state index contributed by atoms with van der Waals surface area (Å²) >= 11 is 0. The zero-order valence-electron chi connectivity index (χ0n) is 11.7. The zero-order valence-corrected chi connectivity index (χ0v) is 13.4. The fraction of sp³-hybridized carbons (Fsp3) is 0.500. The highest BCUT2D eigenvalue weighted by molar-refractivity contribution is 7.92. The van der Waals surface area contributed by atoms with Crippen molar-refractivity contribution < 1.29 is 13.2 Å². The third-order valence-corrected chi connectivity index (χ3v) is 5.77. The highest BCUT2D eigenvalue weighted by Gasteiger charge is 2.30. The molecule has 1 saturated carbocycles. The summed E-state index contributed by atoms with van der Waals surface area (Å²) in [5, 5.41) is 2.27. The topological polar surface area (TPSA) is 89.3 Å². The van der Waals surface area contributed by atoms with Crippen molar-refractivity contribution in [2.45, 2.75) is 37.5 Å². The molecule has 5 nitrogen and oxygen atoms in total. The predicted octanol–water partition coefficient (Wildman–Crippen LogP) is 1.86. The third-order valence-electron chi connectivity index (χ3n) is 3.62. The average Bonchev–Trinajstić information content (AvgIpc) is 2.93. The molecule has 0 atom stereocenters. The van der Waals surface area contributed by atoms with Crippen molar-refractivity contribution in [3.8, 4) is 0 Å². The van der Waals surface area contributed by atoms with Crippen LogP contribution in [0.2, 0.25) is 0 Å². The van der Waals surface area contributed by atoms with Crippen LogP contribution in [0.3, 0.4) is 0 Å². The van der Waals surface area contributed by atoms with Crippen LogP contribution in [0.15, 0.2) is 24.3 Å². The van der Waals surface area contributed by atoms with E-state index in [4.69, 9.17) is 5.73 Å². The first kappa shape index (κ1) is 17.9. The van der Waals surface area contributed by atoms with E-state index in [0.717, 1.165) is 18.4 Å². The lowest BCUT2D eigenvalue weighted by Crippen LogP contribution is -2.29. The van der Waals surface area contributed by atoms with E-state index in [2.05, 4.69) is 5.32 Å². The number of anilines is 1. The molecule has 0 spiro atoms. The van der Waals surface area contributed by atoms with Gasteiger partial charge in [0.1, 0.15) is 5.75 Å². The van der Waals surface area contributed by atoms with E-state index in [9.17, 15) is 13.2 Å². The smallest absolute Gasteiger partial charge is 0.239 e. The van der Waals surface area contributed by atoms with Crippen LogP contribution in [0.4, 0.5) is 5.69 Å². The van der Waals surface area contributed by atoms with Crippen molar-refractivity contribution in [3.63, 3.8) is 0 Å². The van der Waals surface area contributed by atoms with Crippen molar-refractivity contribution in [3.05, 3.63) is 29.8 Å². The lowest BCUT2D eigenvalue weighted by molar-refractivity contribution is -0.113. The van der Waals surface area contributed by atoms with Gasteiger partial charge in [-0.05, 0) is 30.5 Å². The van der Waals surface area contributed by atoms with Gasteiger partial charge in [-0.1, -0.05) is 25.0 Å². The Hall–Kier alpha value is -1.11. The summed E-state index contributed by atoms with van der Waals surface area (Å²) in [5.41, 5.74) is 7.04. The number of amides is 1. The molecular weight excluding hydrogens is 312 g/mol. The van der Waals surface area contributed by atoms with Crippen molar-refractivity contribution in [2.75, 3.05) is 11.1 Å². The number of sulfone groups is 1. The summed E-state index contributed by atoms with van der Waals surface area (Å²) in [7, 11) is -3.32. The third kappa shape index (κ3) is 4.98. The Labute approximate surface area is 131 Å². The molecule has 0 radical (unpaired) electrons. The average molecular weight is 333 g/mol. The maximum absolute atomic E-state index is 12.1. The Morgan fingerprint density at radius 1 is 1.19 bits per heavy atom. The van der Waals surface area contributed by atoms with E-state index < -0.39 is 21.5 Å². The van der Waals surface area contributed by atoms with Crippen LogP contribution in [0, 0.1) is 0 Å². The molecule has 118 valence electrons. The first-order chi connectivity index (χ1) is 9.51. The fourth-order valence-electron chi connectivity index (χ4n) is 2.47. The Kier molecular flexibility index (Phi) is 6.64. The molecule has 1 aliphatic carbocycles. The fourth-order valence-corrected chi connectivity index (χ4v) is 4.19. The molecule has 1 aromatic carbocycles. The number of halogens is 1. The second kappa shape index (κ2) is 7.77. The second-order valence-corrected chi connectivity index (χ2v) is 7.44. The first-order valence-corrected chi connectivity index (χ1v) is 8.53. The number of nitrogens with two attached hydrogens (primary N) is 1. The highest BCUT2D eigenvalue weighted by atomic mass is 35.5. The van der Waals surface area contributed by atoms with Gasteiger partial charge in [-0.25, -0.2) is 8.42 Å². The van der Waals surface area contributed by atoms with E-state index in [1.165, 1.54) is 0 Å². The maximum atomic E-state index is 12.1. The summed E-state index contributed by atoms with van der Waals surface area (Å²) in [5.74, 6) is -0.909. The molecule has 0 saturated heterocycles. The van der Waals surface area contributed by atoms with E-state index in [-0.39, 0.29) is 17.7 Å². The Morgan fingerprint density at radius 2 is 1.76 bits per heavy atom. The Balaban J connectivity index is 0.00000220. The molecule has 0 bridgehead atoms. The number of rotatable bonds is 5. The van der Waals surface area contributed by atoms with Gasteiger partial charge in [-0.3, -0.25) is 4.79 Å². The zero-order chi connectivity index (χ0) is 14.6. The molecule has 0 heterocycles. The SMILES string of the molecule is Cl.NCc1ccc(NC(=O)CS(=O)(=O)C2CCCC2)cc1. The summed E-state index contributed by atoms with van der Waals surface area (Å²) in [4.78, 5) is 11.8. The van der Waals surface area contributed by atoms with Gasteiger partial charge in [0.05, 0.1) is 5.25 Å². The Bertz CT molecular complexity index is 566. The van der Waals surface area contributed by atoms with Gasteiger partial charge in [-0.15, -0.1) is 12.4 Å². The van der Waals surface area contributed by atoms with Gasteiger partial charge < -0.3 is 11.1 Å². The van der Waals surface area contributed by atoms with Crippen molar-refractivity contribution in [1.82, 2.24) is 0 Å². The largest absolute Gasteiger partial charge is 0.326 e. The molecule has 1 aliphatic rings. The molecule has 21 heavy (non-hydrogen) atoms. The van der Waals surface area contributed by atoms with Crippen LogP contribution < -0.4 is 11.1 Å². The molecule has 2 rings (SSSR count). The molecule has 7 heteroatoms. The summed E-state index contributed by atoms with van der Waals surface area (Å²) in [6, 6.07) is 7.06. The van der Waals surface area contributed by atoms with Gasteiger partial charge in [0, 0.05) is 12.2 Å². The number of hydrogen-bond donors (Lipinski definition) is 2. The molecule has 0 aromatic heterocycles. The lowest BCUT2D eigenvalue weighted by atomic mass is 10.2. The van der Waals surface area contributed by atoms with Crippen LogP contribution in [-0.4, -0.2) is 25.3 Å². The summed E-state index contributed by atoms with van der Waals surface area (Å²) in [6.07, 6.45) is 3.24. The number of nitrogens with one attached hydrogen (secondary N) is 1. The van der Waals surface area contributed by atoms with Gasteiger partial charge in [0.2, 0.25) is 5.91 Å². The van der Waals surface area contributed by atoms with Gasteiger partial charge in [0.25, 0.3) is 0 Å². The van der Waals surface area contributed by atoms with Crippen molar-refractivity contribution in [2.24, 2.45) is 5.73 Å². The number of carbonyl (C=O) groups excluding carboxylic acids is 1. The standard InChI is InChI=1S/C14H20N2O3S.ClH/c15-9-11-5-7-12(8-6-11)16-14(17)10-20(18,19)13-3-1-2-4-13;/h5-8,13H,1-4,9-10,15H2,(H,16,17);1H. The summed E-state index contributed by atoms with van der Waals surface area (Å²) < 4.78 is 24.1. The highest BCUT2D eigenvalue weighted by Crippen LogP contribution is 2.25. The lowest BCUT2D eigenvalue weighted by Gasteiger charge is -2.11. The minimum atomic E-state index is -3.32. The molecular formula is C14H21ClN2O3S. The molecule has 0 unspecified atom stereocenters. The molecule has 3 N–H and O–H groups in total. The van der Waals surface area contributed by atoms with Crippen molar-refractivity contribution in [1.29, 1.82) is 0 Å². The normalized spacial score (nSPS) is 15.5. The predicted molar refractivity (Wildman–Crippen MR) is 86.3 cm³/mol. The molecule has 1 fully saturated rings. The number of hydrogen-bond acceptors (Lipinski definition) is 4. The van der Waals surface area contributed by atoms with Gasteiger partial charge >= 0.3 is 0 Å². The van der Waals surface area contributed by atoms with Crippen LogP contribution in [0.25, 0.3) is 0 Å². The first-order valence-electron chi connectivity index (χ1n) is 6.82. The molecule has 0 aliphatic heterocycles. The van der Waals surface area contributed by atoms with Crippen LogP contribution in [-0.2, 0) is 21.2 Å². The van der Waals surface area contributed by atoms with Crippen molar-refractivity contribution >= 4 is 33.8 Å². The molecule has 1 amide bonds.